The number of fused-ring (bicyclic) bond motifs is 4. The maximum absolute atomic E-state index is 15.8. The van der Waals surface area contributed by atoms with E-state index in [2.05, 4.69) is 57.8 Å². The minimum atomic E-state index is -1.78. The summed E-state index contributed by atoms with van der Waals surface area (Å²) in [4.78, 5) is 261. The Kier molecular flexibility index (Phi) is 40.2. The van der Waals surface area contributed by atoms with Crippen LogP contribution in [0.1, 0.15) is 153 Å². The third kappa shape index (κ3) is 29.6. The molecule has 0 radical (unpaired) electrons. The van der Waals surface area contributed by atoms with Gasteiger partial charge in [0, 0.05) is 125 Å². The van der Waals surface area contributed by atoms with Crippen LogP contribution in [0.3, 0.4) is 0 Å². The fourth-order valence-corrected chi connectivity index (χ4v) is 17.7. The second-order valence-corrected chi connectivity index (χ2v) is 35.7. The van der Waals surface area contributed by atoms with E-state index in [4.69, 9.17) is 28.3 Å². The standard InChI is InChI=1S/C91H128N22O19S/c1-9-11-27-70-84(126)103-63(26-18-30-98-91(96)97)82(124)108-69(81(123)101-45-77(95)119)48-133-49-78(120)102-65(34-52-20-17-21-53(33-52)41-92)87(129)109(6)51(5)79(121)104-66(40-76(94)118)88(130)112-31-19-29-71(112)85(127)106-67(42-93)83(125)105-64(32-50(3)4)89(131)113-46-58(115)39-73(113)75(117)37-54(35-56-43-99-61-24-15-13-22-59(56)61)80(122)107-68(47-114)74(116)38-55(36-57-44-100-62-25-16-14-23-60(57)62)86(128)111(8)72(28-12-10-2)90(132)110(70)7/h13-17,20-25,33,43-44,50-51,54-55,58,63-73,99-100,114-115H,9-12,18-19,26-32,34-40,42,45-49,93H2,1-8H3,(H2,94,118)(H2,95,119)(H,101,123)(H,102,120)(H,103,126)(H,104,121)(H,105,125)(H,106,127)(H,107,122)(H,108,124)(H4,96,97,98)/t51-,54+,55+,58+,63-,64-,65-,66-,67-,68-,69-,70-,71-,72-,73-/m0/s1. The first-order valence-corrected chi connectivity index (χ1v) is 46.1. The number of H-pyrrole nitrogens is 2. The van der Waals surface area contributed by atoms with Crippen LogP contribution in [0.4, 0.5) is 0 Å². The molecule has 0 spiro atoms. The molecule has 133 heavy (non-hydrogen) atoms. The Bertz CT molecular complexity index is 5070. The average Bonchev–Trinajstić information content (AvgIpc) is 1.70. The highest BCUT2D eigenvalue weighted by atomic mass is 32.2. The number of Topliss-reactive ketones (excluding diaryl/α,β-unsaturated/α-hetero) is 2. The van der Waals surface area contributed by atoms with Crippen LogP contribution in [-0.4, -0.2) is 301 Å². The number of carbonyl (C=O) groups excluding carboxylic acids is 17. The molecule has 0 bridgehead atoms. The van der Waals surface area contributed by atoms with Crippen molar-refractivity contribution >= 4 is 140 Å². The quantitative estimate of drug-likeness (QED) is 0.0178. The van der Waals surface area contributed by atoms with Crippen LogP contribution >= 0.6 is 11.8 Å². The molecule has 22 N–H and O–H groups in total. The Hall–Kier alpha value is -12.9. The van der Waals surface area contributed by atoms with Crippen molar-refractivity contribution < 1.29 is 91.7 Å². The molecule has 8 rings (SSSR count). The van der Waals surface area contributed by atoms with E-state index < -0.39 is 254 Å². The van der Waals surface area contributed by atoms with Gasteiger partial charge in [-0.3, -0.25) is 86.9 Å². The minimum Gasteiger partial charge on any atom is -0.394 e. The van der Waals surface area contributed by atoms with E-state index in [1.54, 1.807) is 80.8 Å². The van der Waals surface area contributed by atoms with Crippen LogP contribution in [0.2, 0.25) is 0 Å². The Balaban J connectivity index is 1.19. The van der Waals surface area contributed by atoms with Gasteiger partial charge in [-0.2, -0.15) is 5.26 Å². The molecule has 41 nitrogen and oxygen atoms in total. The molecule has 5 heterocycles. The highest BCUT2D eigenvalue weighted by Gasteiger charge is 2.47. The fourth-order valence-electron chi connectivity index (χ4n) is 16.9. The molecule has 0 unspecified atom stereocenters. The summed E-state index contributed by atoms with van der Waals surface area (Å²) in [6.07, 6.45) is 0.572. The normalized spacial score (nSPS) is 25.0. The van der Waals surface area contributed by atoms with Crippen molar-refractivity contribution in [1.29, 1.82) is 10.7 Å². The number of thioether (sulfide) groups is 1. The fraction of sp³-hybridized carbons (Fsp3) is 0.549. The van der Waals surface area contributed by atoms with Gasteiger partial charge in [0.15, 0.2) is 17.5 Å². The number of aliphatic hydroxyl groups excluding tert-OH is 2. The number of hydrogen-bond donors (Lipinski definition) is 18. The lowest BCUT2D eigenvalue weighted by molar-refractivity contribution is -0.150. The summed E-state index contributed by atoms with van der Waals surface area (Å²) in [7, 11) is 3.96. The lowest BCUT2D eigenvalue weighted by Gasteiger charge is -2.36. The minimum absolute atomic E-state index is 0.00680. The largest absolute Gasteiger partial charge is 0.394 e. The zero-order valence-corrected chi connectivity index (χ0v) is 77.3. The topological polar surface area (TPSA) is 638 Å². The molecule has 42 heteroatoms. The van der Waals surface area contributed by atoms with E-state index in [9.17, 15) is 63.4 Å². The average molecular weight is 1870 g/mol. The summed E-state index contributed by atoms with van der Waals surface area (Å²) in [5, 5.41) is 65.2. The lowest BCUT2D eigenvalue weighted by atomic mass is 9.88. The zero-order chi connectivity index (χ0) is 97.6. The Morgan fingerprint density at radius 3 is 1.79 bits per heavy atom. The van der Waals surface area contributed by atoms with Crippen LogP contribution in [0.5, 0.6) is 0 Å². The molecule has 15 atom stereocenters. The number of primary amides is 2. The molecular formula is C91H128N22O19S. The molecule has 3 aromatic carbocycles. The summed E-state index contributed by atoms with van der Waals surface area (Å²) in [5.41, 5.74) is 26.0. The number of hydrogen-bond acceptors (Lipinski definition) is 23. The van der Waals surface area contributed by atoms with Gasteiger partial charge >= 0.3 is 0 Å². The number of benzene rings is 3. The number of ketones is 2. The van der Waals surface area contributed by atoms with Gasteiger partial charge in [-0.05, 0) is 112 Å². The number of aromatic nitrogens is 2. The van der Waals surface area contributed by atoms with Crippen LogP contribution < -0.4 is 70.8 Å². The molecule has 0 aliphatic carbocycles. The summed E-state index contributed by atoms with van der Waals surface area (Å²) < 4.78 is 0. The number of nitriles is 1. The molecule has 5 aromatic rings. The molecule has 3 aliphatic rings. The maximum atomic E-state index is 15.8. The van der Waals surface area contributed by atoms with Crippen molar-refractivity contribution in [2.45, 2.75) is 229 Å². The lowest BCUT2D eigenvalue weighted by Crippen LogP contribution is -2.61. The van der Waals surface area contributed by atoms with Gasteiger partial charge in [0.25, 0.3) is 0 Å². The van der Waals surface area contributed by atoms with Crippen LogP contribution in [0.15, 0.2) is 85.2 Å². The molecule has 3 fully saturated rings. The monoisotopic (exact) mass is 1860 g/mol. The number of nitrogens with zero attached hydrogens (tertiary/aromatic N) is 6. The van der Waals surface area contributed by atoms with Crippen molar-refractivity contribution in [3.63, 3.8) is 0 Å². The molecule has 15 amide bonds. The van der Waals surface area contributed by atoms with E-state index in [1.807, 2.05) is 19.9 Å². The second kappa shape index (κ2) is 50.7. The Morgan fingerprint density at radius 1 is 0.594 bits per heavy atom. The zero-order valence-electron chi connectivity index (χ0n) is 76.4. The van der Waals surface area contributed by atoms with E-state index in [0.717, 1.165) is 26.5 Å². The number of para-hydroxylation sites is 2. The highest BCUT2D eigenvalue weighted by molar-refractivity contribution is 8.00. The van der Waals surface area contributed by atoms with Crippen LogP contribution in [0.25, 0.3) is 21.8 Å². The van der Waals surface area contributed by atoms with Crippen molar-refractivity contribution in [3.05, 3.63) is 107 Å². The van der Waals surface area contributed by atoms with Crippen LogP contribution in [0, 0.1) is 34.5 Å². The third-order valence-electron chi connectivity index (χ3n) is 24.3. The van der Waals surface area contributed by atoms with E-state index in [1.165, 1.54) is 56.1 Å². The number of amides is 15. The smallest absolute Gasteiger partial charge is 0.246 e. The summed E-state index contributed by atoms with van der Waals surface area (Å²) in [5.74, 6) is -19.8. The van der Waals surface area contributed by atoms with Gasteiger partial charge in [-0.25, -0.2) is 0 Å². The predicted octanol–water partition coefficient (Wildman–Crippen LogP) is -1.59. The van der Waals surface area contributed by atoms with Crippen molar-refractivity contribution in [3.8, 4) is 6.07 Å². The predicted molar refractivity (Wildman–Crippen MR) is 492 cm³/mol. The maximum Gasteiger partial charge on any atom is 0.246 e. The molecular weight excluding hydrogens is 1740 g/mol. The van der Waals surface area contributed by atoms with Gasteiger partial charge in [0.2, 0.25) is 88.6 Å². The third-order valence-corrected chi connectivity index (χ3v) is 25.3. The first-order valence-electron chi connectivity index (χ1n) is 45.0. The molecule has 3 aliphatic heterocycles. The van der Waals surface area contributed by atoms with Crippen LogP contribution in [-0.2, 0) is 101 Å². The number of guanidine groups is 1. The summed E-state index contributed by atoms with van der Waals surface area (Å²) in [6.45, 7) is 5.59. The number of rotatable bonds is 25. The first kappa shape index (κ1) is 105. The molecule has 3 saturated heterocycles. The Labute approximate surface area is 775 Å². The SMILES string of the molecule is CCCC[C@H]1C(=O)N(C)[C@@H](CCCC)C(=O)N[C@@H](CCCNC(=N)N)C(=O)N[C@H](C(=O)NCC(N)=O)CSCC(=O)N[C@@H](Cc2cccc(C#N)c2)C(=O)N(C)[C@@H](C)C(=O)N[C@@H](CC(N)=O)C(=O)N2CCC[C@H]2C(=O)N[C@@H](CN)C(=O)N[C@@H](CC(C)C)C(=O)N2C[C@H](O)C[C@H]2C(=O)C[C@@H](Cc2c[nH]c3ccccc23)C(=O)N[C@@H](CO)C(=O)C[C@@H](Cc2c[nH]c3ccccc23)C(=O)N1C. The van der Waals surface area contributed by atoms with Crippen molar-refractivity contribution in [1.82, 2.24) is 82.3 Å². The van der Waals surface area contributed by atoms with E-state index >= 15 is 33.6 Å². The molecule has 0 saturated carbocycles. The van der Waals surface area contributed by atoms with Crippen molar-refractivity contribution in [2.75, 3.05) is 72.0 Å². The number of aliphatic hydroxyl groups is 2. The number of likely N-dealkylation sites (N-methyl/N-ethyl adjacent to an activating group) is 3. The van der Waals surface area contributed by atoms with Gasteiger partial charge in [-0.15, -0.1) is 11.8 Å². The number of nitrogens with one attached hydrogen (secondary N) is 12. The van der Waals surface area contributed by atoms with Gasteiger partial charge in [0.05, 0.1) is 49.1 Å². The summed E-state index contributed by atoms with van der Waals surface area (Å²) in [6, 6.07) is 4.03. The second-order valence-electron chi connectivity index (χ2n) is 34.7. The number of nitrogens with two attached hydrogens (primary N) is 4. The van der Waals surface area contributed by atoms with Crippen molar-refractivity contribution in [2.24, 2.45) is 40.7 Å². The van der Waals surface area contributed by atoms with Gasteiger partial charge in [0.1, 0.15) is 66.5 Å². The first-order chi connectivity index (χ1) is 63.3. The van der Waals surface area contributed by atoms with Gasteiger partial charge in [-0.1, -0.05) is 102 Å². The van der Waals surface area contributed by atoms with E-state index in [-0.39, 0.29) is 95.2 Å². The number of aromatic amines is 2. The number of unbranched alkanes of at least 4 members (excludes halogenated alkanes) is 2. The highest BCUT2D eigenvalue weighted by Crippen LogP contribution is 2.31. The van der Waals surface area contributed by atoms with E-state index in [0.29, 0.717) is 64.2 Å². The summed E-state index contributed by atoms with van der Waals surface area (Å²) >= 11 is 0.759. The Morgan fingerprint density at radius 2 is 1.18 bits per heavy atom. The van der Waals surface area contributed by atoms with Gasteiger partial charge < -0.3 is 115 Å². The molecule has 2 aromatic heterocycles. The molecule has 722 valence electrons. The number of carbonyl (C=O) groups is 17.